The van der Waals surface area contributed by atoms with Crippen LogP contribution in [0.2, 0.25) is 0 Å². The summed E-state index contributed by atoms with van der Waals surface area (Å²) in [4.78, 5) is 25.0. The summed E-state index contributed by atoms with van der Waals surface area (Å²) < 4.78 is 16.6. The number of amides is 1. The molecule has 410 valence electrons. The first-order valence-corrected chi connectivity index (χ1v) is 28.7. The van der Waals surface area contributed by atoms with Crippen molar-refractivity contribution in [3.63, 3.8) is 0 Å². The van der Waals surface area contributed by atoms with Crippen molar-refractivity contribution in [2.75, 3.05) is 19.8 Å². The van der Waals surface area contributed by atoms with Crippen molar-refractivity contribution in [2.45, 2.75) is 275 Å². The van der Waals surface area contributed by atoms with E-state index in [1.165, 1.54) is 103 Å². The van der Waals surface area contributed by atoms with E-state index < -0.39 is 49.5 Å². The van der Waals surface area contributed by atoms with Gasteiger partial charge in [0.05, 0.1) is 32.0 Å². The number of carbonyl (C=O) groups is 2. The van der Waals surface area contributed by atoms with Gasteiger partial charge in [0.25, 0.3) is 0 Å². The molecule has 1 heterocycles. The van der Waals surface area contributed by atoms with Gasteiger partial charge in [-0.3, -0.25) is 9.59 Å². The molecule has 1 aliphatic rings. The van der Waals surface area contributed by atoms with E-state index in [9.17, 15) is 35.1 Å². The van der Waals surface area contributed by atoms with Crippen LogP contribution in [-0.2, 0) is 23.8 Å². The zero-order chi connectivity index (χ0) is 51.7. The van der Waals surface area contributed by atoms with Crippen LogP contribution in [0, 0.1) is 0 Å². The maximum Gasteiger partial charge on any atom is 0.305 e. The minimum absolute atomic E-state index is 0.0391. The van der Waals surface area contributed by atoms with E-state index in [1.54, 1.807) is 6.08 Å². The van der Waals surface area contributed by atoms with E-state index >= 15 is 0 Å². The Morgan fingerprint density at radius 3 is 1.55 bits per heavy atom. The summed E-state index contributed by atoms with van der Waals surface area (Å²) in [7, 11) is 0. The van der Waals surface area contributed by atoms with Crippen molar-refractivity contribution in [2.24, 2.45) is 0 Å². The molecule has 1 aliphatic heterocycles. The van der Waals surface area contributed by atoms with Crippen molar-refractivity contribution in [3.05, 3.63) is 72.9 Å². The van der Waals surface area contributed by atoms with Gasteiger partial charge in [0.2, 0.25) is 5.91 Å². The molecule has 0 aromatic rings. The molecule has 1 fully saturated rings. The van der Waals surface area contributed by atoms with Crippen LogP contribution in [-0.4, -0.2) is 100 Å². The van der Waals surface area contributed by atoms with E-state index in [-0.39, 0.29) is 18.5 Å². The zero-order valence-electron chi connectivity index (χ0n) is 44.9. The molecule has 0 aromatic carbocycles. The van der Waals surface area contributed by atoms with Crippen molar-refractivity contribution >= 4 is 11.9 Å². The first kappa shape index (κ1) is 66.1. The predicted molar refractivity (Wildman–Crippen MR) is 292 cm³/mol. The van der Waals surface area contributed by atoms with Gasteiger partial charge in [-0.1, -0.05) is 183 Å². The average molecular weight is 1000 g/mol. The number of rotatable bonds is 48. The van der Waals surface area contributed by atoms with Gasteiger partial charge in [0.15, 0.2) is 6.29 Å². The van der Waals surface area contributed by atoms with Crippen molar-refractivity contribution in [1.82, 2.24) is 5.32 Å². The van der Waals surface area contributed by atoms with Crippen molar-refractivity contribution in [3.8, 4) is 0 Å². The van der Waals surface area contributed by atoms with Crippen molar-refractivity contribution < 1.29 is 49.3 Å². The summed E-state index contributed by atoms with van der Waals surface area (Å²) >= 11 is 0. The van der Waals surface area contributed by atoms with E-state index in [1.807, 2.05) is 6.08 Å². The molecule has 0 spiro atoms. The van der Waals surface area contributed by atoms with E-state index in [0.717, 1.165) is 96.3 Å². The minimum Gasteiger partial charge on any atom is -0.466 e. The fourth-order valence-corrected chi connectivity index (χ4v) is 8.46. The maximum atomic E-state index is 13.0. The second kappa shape index (κ2) is 49.3. The topological polar surface area (TPSA) is 175 Å². The number of nitrogens with one attached hydrogen (secondary N) is 1. The summed E-state index contributed by atoms with van der Waals surface area (Å²) in [5.41, 5.74) is 0. The standard InChI is InChI=1S/C60H105NO10/c1-3-5-7-9-11-13-15-16-25-28-32-36-40-44-48-56(65)69-49-45-41-37-33-29-26-23-21-19-17-18-20-22-24-27-31-35-39-43-47-55(64)61-52(51-70-60-59(68)58(67)57(66)54(50-62)71-60)53(63)46-42-38-34-30-14-12-10-8-6-4-2/h6,8,14-16,21,23,26,29-30,42,46,52-54,57-60,62-63,66-68H,3-5,7,9-13,17-20,22,24-25,27-28,31-41,43-45,47-51H2,1-2H3,(H,61,64)/b8-6+,16-15-,23-21-,29-26-,30-14+,46-42+. The lowest BCUT2D eigenvalue weighted by molar-refractivity contribution is -0.302. The summed E-state index contributed by atoms with van der Waals surface area (Å²) in [5.74, 6) is -0.250. The Morgan fingerprint density at radius 2 is 1.00 bits per heavy atom. The Bertz CT molecular complexity index is 1410. The summed E-state index contributed by atoms with van der Waals surface area (Å²) in [5, 5.41) is 54.1. The lowest BCUT2D eigenvalue weighted by Crippen LogP contribution is -2.60. The van der Waals surface area contributed by atoms with Gasteiger partial charge >= 0.3 is 5.97 Å². The van der Waals surface area contributed by atoms with Gasteiger partial charge in [-0.05, 0) is 109 Å². The molecule has 1 rings (SSSR count). The van der Waals surface area contributed by atoms with Crippen LogP contribution in [0.4, 0.5) is 0 Å². The highest BCUT2D eigenvalue weighted by atomic mass is 16.7. The van der Waals surface area contributed by atoms with Gasteiger partial charge < -0.3 is 45.1 Å². The van der Waals surface area contributed by atoms with E-state index in [4.69, 9.17) is 14.2 Å². The number of aliphatic hydroxyl groups excluding tert-OH is 5. The van der Waals surface area contributed by atoms with Crippen molar-refractivity contribution in [1.29, 1.82) is 0 Å². The number of allylic oxidation sites excluding steroid dienone is 11. The Labute approximate surface area is 432 Å². The molecule has 1 amide bonds. The highest BCUT2D eigenvalue weighted by Gasteiger charge is 2.44. The van der Waals surface area contributed by atoms with Gasteiger partial charge in [-0.25, -0.2) is 0 Å². The molecule has 7 atom stereocenters. The first-order chi connectivity index (χ1) is 34.7. The molecular weight excluding hydrogens is 895 g/mol. The fraction of sp³-hybridized carbons (Fsp3) is 0.767. The highest BCUT2D eigenvalue weighted by molar-refractivity contribution is 5.76. The molecule has 6 N–H and O–H groups in total. The van der Waals surface area contributed by atoms with Crippen LogP contribution in [0.25, 0.3) is 0 Å². The number of esters is 1. The molecule has 0 aromatic heterocycles. The second-order valence-corrected chi connectivity index (χ2v) is 19.6. The van der Waals surface area contributed by atoms with Gasteiger partial charge in [-0.15, -0.1) is 0 Å². The molecule has 0 bridgehead atoms. The summed E-state index contributed by atoms with van der Waals surface area (Å²) in [6.45, 7) is 4.12. The van der Waals surface area contributed by atoms with Crippen LogP contribution in [0.1, 0.15) is 232 Å². The Kier molecular flexibility index (Phi) is 45.9. The van der Waals surface area contributed by atoms with E-state index in [2.05, 4.69) is 79.9 Å². The number of hydrogen-bond acceptors (Lipinski definition) is 10. The Hall–Kier alpha value is -2.90. The average Bonchev–Trinajstić information content (AvgIpc) is 3.37. The third kappa shape index (κ3) is 39.3. The minimum atomic E-state index is -1.58. The molecule has 0 saturated carbocycles. The number of carbonyl (C=O) groups excluding carboxylic acids is 2. The normalized spacial score (nSPS) is 19.7. The number of hydrogen-bond donors (Lipinski definition) is 6. The Balaban J connectivity index is 2.09. The largest absolute Gasteiger partial charge is 0.466 e. The molecule has 0 aliphatic carbocycles. The molecule has 1 saturated heterocycles. The smallest absolute Gasteiger partial charge is 0.305 e. The van der Waals surface area contributed by atoms with Crippen LogP contribution in [0.5, 0.6) is 0 Å². The number of aliphatic hydroxyl groups is 5. The van der Waals surface area contributed by atoms with Gasteiger partial charge in [0, 0.05) is 12.8 Å². The SMILES string of the molecule is CC/C=C/CC/C=C/CC/C=C/C(O)C(COC1OC(CO)C(O)C(O)C1O)NC(=O)CCCCCCCCCCCC/C=C\C=C/CCCCCOC(=O)CCCCCCC/C=C\CCCCCCC. The van der Waals surface area contributed by atoms with Crippen LogP contribution >= 0.6 is 0 Å². The Morgan fingerprint density at radius 1 is 0.535 bits per heavy atom. The summed E-state index contributed by atoms with van der Waals surface area (Å²) in [6, 6.07) is -0.843. The number of unbranched alkanes of at least 4 members (excludes halogenated alkanes) is 25. The third-order valence-corrected chi connectivity index (χ3v) is 13.0. The first-order valence-electron chi connectivity index (χ1n) is 28.7. The lowest BCUT2D eigenvalue weighted by Gasteiger charge is -2.40. The van der Waals surface area contributed by atoms with Crippen LogP contribution in [0.15, 0.2) is 72.9 Å². The van der Waals surface area contributed by atoms with Gasteiger partial charge in [0.1, 0.15) is 24.4 Å². The zero-order valence-corrected chi connectivity index (χ0v) is 44.9. The maximum absolute atomic E-state index is 13.0. The predicted octanol–water partition coefficient (Wildman–Crippen LogP) is 12.8. The third-order valence-electron chi connectivity index (χ3n) is 13.0. The second-order valence-electron chi connectivity index (χ2n) is 19.6. The number of ether oxygens (including phenoxy) is 3. The molecule has 0 radical (unpaired) electrons. The quantitative estimate of drug-likeness (QED) is 0.0149. The molecule has 11 nitrogen and oxygen atoms in total. The molecule has 11 heteroatoms. The molecule has 71 heavy (non-hydrogen) atoms. The molecule has 7 unspecified atom stereocenters. The fourth-order valence-electron chi connectivity index (χ4n) is 8.46. The van der Waals surface area contributed by atoms with E-state index in [0.29, 0.717) is 25.9 Å². The summed E-state index contributed by atoms with van der Waals surface area (Å²) in [6.07, 6.45) is 54.4. The van der Waals surface area contributed by atoms with Crippen LogP contribution in [0.3, 0.4) is 0 Å². The van der Waals surface area contributed by atoms with Gasteiger partial charge in [-0.2, -0.15) is 0 Å². The van der Waals surface area contributed by atoms with Crippen LogP contribution < -0.4 is 5.32 Å². The lowest BCUT2D eigenvalue weighted by atomic mass is 9.99. The monoisotopic (exact) mass is 1000 g/mol. The highest BCUT2D eigenvalue weighted by Crippen LogP contribution is 2.23. The molecular formula is C60H105NO10.